The third-order valence-corrected chi connectivity index (χ3v) is 4.72. The van der Waals surface area contributed by atoms with E-state index in [1.807, 2.05) is 48.0 Å². The van der Waals surface area contributed by atoms with Gasteiger partial charge in [0.15, 0.2) is 0 Å². The van der Waals surface area contributed by atoms with Crippen LogP contribution in [-0.2, 0) is 22.7 Å². The van der Waals surface area contributed by atoms with Crippen molar-refractivity contribution in [2.24, 2.45) is 0 Å². The van der Waals surface area contributed by atoms with Crippen LogP contribution < -0.4 is 4.74 Å². The van der Waals surface area contributed by atoms with E-state index in [0.29, 0.717) is 13.2 Å². The zero-order valence-electron chi connectivity index (χ0n) is 16.7. The Morgan fingerprint density at radius 3 is 2.69 bits per heavy atom. The Balaban J connectivity index is 1.48. The van der Waals surface area contributed by atoms with Gasteiger partial charge in [0.2, 0.25) is 0 Å². The SMILES string of the molecule is COc1ccc(COCCCCn2nnc3c(C)c(/C=C/C(=O)O)ccc32)cc1. The summed E-state index contributed by atoms with van der Waals surface area (Å²) in [7, 11) is 1.65. The highest BCUT2D eigenvalue weighted by Crippen LogP contribution is 2.21. The first kappa shape index (κ1) is 20.5. The summed E-state index contributed by atoms with van der Waals surface area (Å²) in [6.45, 7) is 3.95. The van der Waals surface area contributed by atoms with Gasteiger partial charge in [0.25, 0.3) is 0 Å². The van der Waals surface area contributed by atoms with Crippen LogP contribution in [0.2, 0.25) is 0 Å². The molecule has 0 spiro atoms. The van der Waals surface area contributed by atoms with Crippen LogP contribution >= 0.6 is 0 Å². The van der Waals surface area contributed by atoms with Crippen molar-refractivity contribution >= 4 is 23.1 Å². The molecule has 3 rings (SSSR count). The number of carboxylic acids is 1. The molecule has 1 N–H and O–H groups in total. The standard InChI is InChI=1S/C22H25N3O4/c1-16-18(8-12-21(26)27)7-11-20-22(16)23-24-25(20)13-3-4-14-29-15-17-5-9-19(28-2)10-6-17/h5-12H,3-4,13-15H2,1-2H3,(H,26,27)/b12-8+. The summed E-state index contributed by atoms with van der Waals surface area (Å²) in [5, 5.41) is 17.3. The van der Waals surface area contributed by atoms with E-state index < -0.39 is 5.97 Å². The Morgan fingerprint density at radius 1 is 1.17 bits per heavy atom. The van der Waals surface area contributed by atoms with Gasteiger partial charge in [-0.2, -0.15) is 0 Å². The summed E-state index contributed by atoms with van der Waals surface area (Å²) in [6.07, 6.45) is 4.57. The molecule has 0 bridgehead atoms. The van der Waals surface area contributed by atoms with E-state index in [1.54, 1.807) is 13.2 Å². The number of benzene rings is 2. The molecule has 0 aliphatic rings. The summed E-state index contributed by atoms with van der Waals surface area (Å²) in [6, 6.07) is 11.7. The lowest BCUT2D eigenvalue weighted by Crippen LogP contribution is -2.03. The predicted molar refractivity (Wildman–Crippen MR) is 111 cm³/mol. The van der Waals surface area contributed by atoms with Gasteiger partial charge < -0.3 is 14.6 Å². The van der Waals surface area contributed by atoms with E-state index >= 15 is 0 Å². The molecule has 7 heteroatoms. The zero-order valence-corrected chi connectivity index (χ0v) is 16.7. The Kier molecular flexibility index (Phi) is 6.97. The van der Waals surface area contributed by atoms with E-state index in [2.05, 4.69) is 10.3 Å². The average Bonchev–Trinajstić information content (AvgIpc) is 3.14. The summed E-state index contributed by atoms with van der Waals surface area (Å²) >= 11 is 0. The van der Waals surface area contributed by atoms with E-state index in [1.165, 1.54) is 0 Å². The Labute approximate surface area is 169 Å². The van der Waals surface area contributed by atoms with Gasteiger partial charge in [0, 0.05) is 19.2 Å². The number of nitrogens with zero attached hydrogens (tertiary/aromatic N) is 3. The molecule has 29 heavy (non-hydrogen) atoms. The van der Waals surface area contributed by atoms with Crippen LogP contribution in [0.1, 0.15) is 29.5 Å². The second kappa shape index (κ2) is 9.84. The molecule has 0 amide bonds. The van der Waals surface area contributed by atoms with E-state index in [-0.39, 0.29) is 0 Å². The first-order valence-corrected chi connectivity index (χ1v) is 9.53. The van der Waals surface area contributed by atoms with Crippen molar-refractivity contribution in [1.29, 1.82) is 0 Å². The van der Waals surface area contributed by atoms with Crippen molar-refractivity contribution < 1.29 is 19.4 Å². The van der Waals surface area contributed by atoms with Gasteiger partial charge >= 0.3 is 5.97 Å². The van der Waals surface area contributed by atoms with Gasteiger partial charge in [-0.05, 0) is 60.7 Å². The third kappa shape index (κ3) is 5.42. The van der Waals surface area contributed by atoms with Gasteiger partial charge in [0.1, 0.15) is 11.3 Å². The van der Waals surface area contributed by atoms with Crippen molar-refractivity contribution in [3.63, 3.8) is 0 Å². The molecule has 152 valence electrons. The average molecular weight is 395 g/mol. The molecule has 1 aromatic heterocycles. The number of hydrogen-bond donors (Lipinski definition) is 1. The first-order chi connectivity index (χ1) is 14.1. The smallest absolute Gasteiger partial charge is 0.328 e. The molecule has 3 aromatic rings. The Morgan fingerprint density at radius 2 is 1.97 bits per heavy atom. The Bertz CT molecular complexity index is 993. The molecular formula is C22H25N3O4. The highest BCUT2D eigenvalue weighted by atomic mass is 16.5. The van der Waals surface area contributed by atoms with Crippen molar-refractivity contribution in [3.8, 4) is 5.75 Å². The monoisotopic (exact) mass is 395 g/mol. The van der Waals surface area contributed by atoms with E-state index in [0.717, 1.165) is 58.9 Å². The summed E-state index contributed by atoms with van der Waals surface area (Å²) in [5.41, 5.74) is 4.63. The van der Waals surface area contributed by atoms with Gasteiger partial charge in [-0.1, -0.05) is 23.4 Å². The van der Waals surface area contributed by atoms with Crippen LogP contribution in [-0.4, -0.2) is 39.8 Å². The number of methoxy groups -OCH3 is 1. The number of aliphatic carboxylic acids is 1. The fraction of sp³-hybridized carbons (Fsp3) is 0.318. The first-order valence-electron chi connectivity index (χ1n) is 9.53. The molecule has 0 atom stereocenters. The molecule has 7 nitrogen and oxygen atoms in total. The van der Waals surface area contributed by atoms with Crippen LogP contribution in [0.25, 0.3) is 17.1 Å². The van der Waals surface area contributed by atoms with Crippen molar-refractivity contribution in [2.45, 2.75) is 32.9 Å². The number of carboxylic acid groups (broad SMARTS) is 1. The molecule has 0 aliphatic carbocycles. The molecule has 0 unspecified atom stereocenters. The number of rotatable bonds is 10. The van der Waals surface area contributed by atoms with Gasteiger partial charge in [-0.25, -0.2) is 9.48 Å². The highest BCUT2D eigenvalue weighted by molar-refractivity contribution is 5.88. The van der Waals surface area contributed by atoms with Gasteiger partial charge in [0.05, 0.1) is 19.2 Å². The molecule has 0 radical (unpaired) electrons. The van der Waals surface area contributed by atoms with Crippen LogP contribution in [0.3, 0.4) is 0 Å². The van der Waals surface area contributed by atoms with Crippen LogP contribution in [0, 0.1) is 6.92 Å². The maximum atomic E-state index is 10.7. The number of fused-ring (bicyclic) bond motifs is 1. The van der Waals surface area contributed by atoms with Crippen LogP contribution in [0.15, 0.2) is 42.5 Å². The predicted octanol–water partition coefficient (Wildman–Crippen LogP) is 3.84. The van der Waals surface area contributed by atoms with E-state index in [4.69, 9.17) is 14.6 Å². The second-order valence-corrected chi connectivity index (χ2v) is 6.74. The van der Waals surface area contributed by atoms with Gasteiger partial charge in [-0.3, -0.25) is 0 Å². The lowest BCUT2D eigenvalue weighted by Gasteiger charge is -2.06. The molecule has 2 aromatic carbocycles. The maximum absolute atomic E-state index is 10.7. The zero-order chi connectivity index (χ0) is 20.6. The molecule has 0 aliphatic heterocycles. The number of ether oxygens (including phenoxy) is 2. The number of carbonyl (C=O) groups is 1. The molecule has 0 fully saturated rings. The minimum atomic E-state index is -0.970. The topological polar surface area (TPSA) is 86.5 Å². The second-order valence-electron chi connectivity index (χ2n) is 6.74. The minimum Gasteiger partial charge on any atom is -0.497 e. The normalized spacial score (nSPS) is 11.4. The quantitative estimate of drug-likeness (QED) is 0.415. The lowest BCUT2D eigenvalue weighted by molar-refractivity contribution is -0.131. The molecular weight excluding hydrogens is 370 g/mol. The fourth-order valence-electron chi connectivity index (χ4n) is 3.07. The molecule has 0 saturated carbocycles. The molecule has 1 heterocycles. The third-order valence-electron chi connectivity index (χ3n) is 4.72. The number of aryl methyl sites for hydroxylation is 2. The largest absolute Gasteiger partial charge is 0.497 e. The highest BCUT2D eigenvalue weighted by Gasteiger charge is 2.09. The van der Waals surface area contributed by atoms with Crippen molar-refractivity contribution in [1.82, 2.24) is 15.0 Å². The van der Waals surface area contributed by atoms with Crippen LogP contribution in [0.5, 0.6) is 5.75 Å². The number of unbranched alkanes of at least 4 members (excludes halogenated alkanes) is 1. The maximum Gasteiger partial charge on any atom is 0.328 e. The van der Waals surface area contributed by atoms with Crippen molar-refractivity contribution in [2.75, 3.05) is 13.7 Å². The Hall–Kier alpha value is -3.19. The summed E-state index contributed by atoms with van der Waals surface area (Å²) in [4.78, 5) is 10.7. The summed E-state index contributed by atoms with van der Waals surface area (Å²) in [5.74, 6) is -0.128. The number of aromatic nitrogens is 3. The van der Waals surface area contributed by atoms with E-state index in [9.17, 15) is 4.79 Å². The van der Waals surface area contributed by atoms with Gasteiger partial charge in [-0.15, -0.1) is 5.10 Å². The van der Waals surface area contributed by atoms with Crippen molar-refractivity contribution in [3.05, 3.63) is 59.2 Å². The van der Waals surface area contributed by atoms with Crippen LogP contribution in [0.4, 0.5) is 0 Å². The lowest BCUT2D eigenvalue weighted by atomic mass is 10.1. The minimum absolute atomic E-state index is 0.585. The number of hydrogen-bond acceptors (Lipinski definition) is 5. The molecule has 0 saturated heterocycles. The summed E-state index contributed by atoms with van der Waals surface area (Å²) < 4.78 is 12.8. The fourth-order valence-corrected chi connectivity index (χ4v) is 3.07.